The molecule has 0 atom stereocenters. The molecule has 0 bridgehead atoms. The average Bonchev–Trinajstić information content (AvgIpc) is 2.63. The molecule has 1 heterocycles. The van der Waals surface area contributed by atoms with Crippen LogP contribution in [0.25, 0.3) is 11.3 Å². The lowest BCUT2D eigenvalue weighted by molar-refractivity contribution is -0.121. The maximum Gasteiger partial charge on any atom is 0.254 e. The van der Waals surface area contributed by atoms with Crippen LogP contribution in [-0.4, -0.2) is 15.5 Å². The summed E-state index contributed by atoms with van der Waals surface area (Å²) in [5.74, 6) is -0.242. The van der Waals surface area contributed by atoms with Crippen LogP contribution in [0, 0.1) is 6.92 Å². The summed E-state index contributed by atoms with van der Waals surface area (Å²) in [5.41, 5.74) is 3.23. The van der Waals surface area contributed by atoms with Crippen LogP contribution in [0.2, 0.25) is 5.02 Å². The van der Waals surface area contributed by atoms with Crippen molar-refractivity contribution in [2.75, 3.05) is 0 Å². The molecule has 2 aromatic carbocycles. The molecular weight excluding hydrogens is 350 g/mol. The van der Waals surface area contributed by atoms with Crippen LogP contribution in [0.1, 0.15) is 11.1 Å². The average molecular weight is 368 g/mol. The van der Waals surface area contributed by atoms with Crippen molar-refractivity contribution >= 4 is 17.5 Å². The maximum atomic E-state index is 12.2. The summed E-state index contributed by atoms with van der Waals surface area (Å²) < 4.78 is 1.28. The minimum Gasteiger partial charge on any atom is -0.350 e. The molecule has 0 saturated heterocycles. The van der Waals surface area contributed by atoms with E-state index in [1.165, 1.54) is 22.5 Å². The number of nitrogens with zero attached hydrogens (tertiary/aromatic N) is 2. The molecule has 3 aromatic rings. The van der Waals surface area contributed by atoms with Crippen molar-refractivity contribution < 1.29 is 4.79 Å². The van der Waals surface area contributed by atoms with E-state index >= 15 is 0 Å². The summed E-state index contributed by atoms with van der Waals surface area (Å²) in [4.78, 5) is 28.6. The maximum absolute atomic E-state index is 12.2. The van der Waals surface area contributed by atoms with Crippen molar-refractivity contribution in [2.24, 2.45) is 0 Å². The molecule has 0 aliphatic rings. The van der Waals surface area contributed by atoms with Crippen LogP contribution < -0.4 is 10.9 Å². The zero-order valence-electron chi connectivity index (χ0n) is 14.3. The first kappa shape index (κ1) is 17.9. The first-order chi connectivity index (χ1) is 12.5. The lowest BCUT2D eigenvalue weighted by Crippen LogP contribution is -2.31. The molecule has 0 aliphatic heterocycles. The highest BCUT2D eigenvalue weighted by molar-refractivity contribution is 6.30. The molecule has 0 aliphatic carbocycles. The smallest absolute Gasteiger partial charge is 0.254 e. The molecule has 0 unspecified atom stereocenters. The van der Waals surface area contributed by atoms with E-state index in [0.717, 1.165) is 11.1 Å². The van der Waals surface area contributed by atoms with Gasteiger partial charge in [0.1, 0.15) is 6.54 Å². The number of amides is 1. The number of benzene rings is 2. The van der Waals surface area contributed by atoms with Crippen molar-refractivity contribution in [2.45, 2.75) is 20.0 Å². The molecule has 5 nitrogen and oxygen atoms in total. The second kappa shape index (κ2) is 7.97. The van der Waals surface area contributed by atoms with Crippen LogP contribution in [0.5, 0.6) is 0 Å². The van der Waals surface area contributed by atoms with Gasteiger partial charge in [0.2, 0.25) is 5.91 Å². The minimum absolute atomic E-state index is 0.0708. The SMILES string of the molecule is Cc1ccc(CNC(=O)Cn2cnc(-c3ccc(Cl)cc3)cc2=O)cc1. The predicted octanol–water partition coefficient (Wildman–Crippen LogP) is 3.19. The summed E-state index contributed by atoms with van der Waals surface area (Å²) in [6.07, 6.45) is 1.39. The minimum atomic E-state index is -0.282. The molecule has 6 heteroatoms. The highest BCUT2D eigenvalue weighted by atomic mass is 35.5. The van der Waals surface area contributed by atoms with Gasteiger partial charge in [-0.25, -0.2) is 4.98 Å². The van der Waals surface area contributed by atoms with Crippen molar-refractivity contribution in [1.82, 2.24) is 14.9 Å². The first-order valence-corrected chi connectivity index (χ1v) is 8.54. The molecule has 1 N–H and O–H groups in total. The molecule has 0 fully saturated rings. The topological polar surface area (TPSA) is 64.0 Å². The molecule has 0 saturated carbocycles. The number of rotatable bonds is 5. The van der Waals surface area contributed by atoms with Gasteiger partial charge in [0.05, 0.1) is 12.0 Å². The Morgan fingerprint density at radius 1 is 1.12 bits per heavy atom. The van der Waals surface area contributed by atoms with Gasteiger partial charge in [0.25, 0.3) is 5.56 Å². The fourth-order valence-electron chi connectivity index (χ4n) is 2.44. The van der Waals surface area contributed by atoms with E-state index in [1.54, 1.807) is 24.3 Å². The van der Waals surface area contributed by atoms with Crippen LogP contribution in [-0.2, 0) is 17.9 Å². The van der Waals surface area contributed by atoms with Crippen molar-refractivity contribution in [3.63, 3.8) is 0 Å². The molecule has 0 spiro atoms. The number of aromatic nitrogens is 2. The fourth-order valence-corrected chi connectivity index (χ4v) is 2.57. The Kier molecular flexibility index (Phi) is 5.49. The Bertz CT molecular complexity index is 964. The van der Waals surface area contributed by atoms with E-state index in [9.17, 15) is 9.59 Å². The fraction of sp³-hybridized carbons (Fsp3) is 0.150. The van der Waals surface area contributed by atoms with Gasteiger partial charge in [-0.15, -0.1) is 0 Å². The third-order valence-electron chi connectivity index (χ3n) is 3.94. The van der Waals surface area contributed by atoms with Gasteiger partial charge in [-0.3, -0.25) is 14.2 Å². The standard InChI is InChI=1S/C20H18ClN3O2/c1-14-2-4-15(5-3-14)11-22-19(25)12-24-13-23-18(10-20(24)26)16-6-8-17(21)9-7-16/h2-10,13H,11-12H2,1H3,(H,22,25). The van der Waals surface area contributed by atoms with Gasteiger partial charge in [-0.05, 0) is 24.6 Å². The van der Waals surface area contributed by atoms with Crippen LogP contribution in [0.15, 0.2) is 65.7 Å². The number of carbonyl (C=O) groups is 1. The van der Waals surface area contributed by atoms with Crippen molar-refractivity contribution in [3.05, 3.63) is 87.4 Å². The van der Waals surface area contributed by atoms with Crippen LogP contribution in [0.3, 0.4) is 0 Å². The Morgan fingerprint density at radius 2 is 1.81 bits per heavy atom. The Hall–Kier alpha value is -2.92. The lowest BCUT2D eigenvalue weighted by Gasteiger charge is -2.08. The van der Waals surface area contributed by atoms with Gasteiger partial charge in [0, 0.05) is 23.2 Å². The first-order valence-electron chi connectivity index (χ1n) is 8.16. The summed E-state index contributed by atoms with van der Waals surface area (Å²) in [7, 11) is 0. The van der Waals surface area contributed by atoms with E-state index in [0.29, 0.717) is 17.3 Å². The van der Waals surface area contributed by atoms with Crippen LogP contribution in [0.4, 0.5) is 0 Å². The Morgan fingerprint density at radius 3 is 2.46 bits per heavy atom. The van der Waals surface area contributed by atoms with Gasteiger partial charge in [-0.1, -0.05) is 53.6 Å². The monoisotopic (exact) mass is 367 g/mol. The third kappa shape index (κ3) is 4.58. The van der Waals surface area contributed by atoms with Gasteiger partial charge >= 0.3 is 0 Å². The molecule has 132 valence electrons. The summed E-state index contributed by atoms with van der Waals surface area (Å²) in [6.45, 7) is 2.36. The zero-order valence-corrected chi connectivity index (χ0v) is 15.0. The molecule has 1 aromatic heterocycles. The zero-order chi connectivity index (χ0) is 18.5. The number of halogens is 1. The Balaban J connectivity index is 1.64. The predicted molar refractivity (Wildman–Crippen MR) is 102 cm³/mol. The highest BCUT2D eigenvalue weighted by Crippen LogP contribution is 2.17. The molecular formula is C20H18ClN3O2. The van der Waals surface area contributed by atoms with Crippen molar-refractivity contribution in [1.29, 1.82) is 0 Å². The number of hydrogen-bond donors (Lipinski definition) is 1. The Labute approximate surface area is 156 Å². The van der Waals surface area contributed by atoms with Crippen LogP contribution >= 0.6 is 11.6 Å². The van der Waals surface area contributed by atoms with Gasteiger partial charge in [-0.2, -0.15) is 0 Å². The second-order valence-electron chi connectivity index (χ2n) is 6.01. The van der Waals surface area contributed by atoms with E-state index in [1.807, 2.05) is 31.2 Å². The van der Waals surface area contributed by atoms with E-state index in [-0.39, 0.29) is 18.0 Å². The van der Waals surface area contributed by atoms with E-state index in [2.05, 4.69) is 10.3 Å². The molecule has 0 radical (unpaired) electrons. The largest absolute Gasteiger partial charge is 0.350 e. The third-order valence-corrected chi connectivity index (χ3v) is 4.20. The lowest BCUT2D eigenvalue weighted by atomic mass is 10.1. The summed E-state index contributed by atoms with van der Waals surface area (Å²) >= 11 is 5.86. The quantitative estimate of drug-likeness (QED) is 0.753. The molecule has 1 amide bonds. The number of hydrogen-bond acceptors (Lipinski definition) is 3. The van der Waals surface area contributed by atoms with Gasteiger partial charge in [0.15, 0.2) is 0 Å². The molecule has 3 rings (SSSR count). The number of nitrogens with one attached hydrogen (secondary N) is 1. The normalized spacial score (nSPS) is 10.5. The van der Waals surface area contributed by atoms with Crippen molar-refractivity contribution in [3.8, 4) is 11.3 Å². The number of aryl methyl sites for hydroxylation is 1. The molecule has 26 heavy (non-hydrogen) atoms. The van der Waals surface area contributed by atoms with Gasteiger partial charge < -0.3 is 5.32 Å². The second-order valence-corrected chi connectivity index (χ2v) is 6.45. The number of carbonyl (C=O) groups excluding carboxylic acids is 1. The summed E-state index contributed by atoms with van der Waals surface area (Å²) in [5, 5.41) is 3.42. The highest BCUT2D eigenvalue weighted by Gasteiger charge is 2.07. The summed E-state index contributed by atoms with van der Waals surface area (Å²) in [6, 6.07) is 16.4. The van der Waals surface area contributed by atoms with E-state index < -0.39 is 0 Å². The van der Waals surface area contributed by atoms with E-state index in [4.69, 9.17) is 11.6 Å².